The molecule has 4 nitrogen and oxygen atoms in total. The average Bonchev–Trinajstić information content (AvgIpc) is 3.96. The lowest BCUT2D eigenvalue weighted by atomic mass is 9.70. The van der Waals surface area contributed by atoms with Gasteiger partial charge in [-0.05, 0) is 92.0 Å². The third kappa shape index (κ3) is 4.92. The largest absolute Gasteiger partial charge is 0.309 e. The van der Waals surface area contributed by atoms with E-state index in [1.54, 1.807) is 0 Å². The van der Waals surface area contributed by atoms with Crippen molar-refractivity contribution in [3.05, 3.63) is 241 Å². The van der Waals surface area contributed by atoms with Crippen LogP contribution in [0, 0.1) is 0 Å². The van der Waals surface area contributed by atoms with E-state index in [9.17, 15) is 0 Å². The zero-order valence-corrected chi connectivity index (χ0v) is 33.6. The molecule has 0 unspecified atom stereocenters. The first kappa shape index (κ1) is 34.6. The molecule has 2 heterocycles. The zero-order chi connectivity index (χ0) is 40.8. The van der Waals surface area contributed by atoms with Crippen LogP contribution >= 0.6 is 0 Å². The van der Waals surface area contributed by atoms with E-state index in [0.29, 0.717) is 17.5 Å². The molecule has 0 aliphatic heterocycles. The monoisotopic (exact) mass is 788 g/mol. The Balaban J connectivity index is 1.06. The van der Waals surface area contributed by atoms with Crippen LogP contribution in [0.15, 0.2) is 218 Å². The first-order valence-corrected chi connectivity index (χ1v) is 21.2. The molecule has 1 spiro atoms. The van der Waals surface area contributed by atoms with Crippen LogP contribution in [0.4, 0.5) is 0 Å². The molecule has 0 saturated carbocycles. The number of fused-ring (bicyclic) bond motifs is 13. The third-order valence-corrected chi connectivity index (χ3v) is 13.1. The maximum Gasteiger partial charge on any atom is 0.164 e. The van der Waals surface area contributed by atoms with Crippen LogP contribution in [-0.4, -0.2) is 19.5 Å². The number of hydrogen-bond donors (Lipinski definition) is 0. The van der Waals surface area contributed by atoms with Gasteiger partial charge in [-0.1, -0.05) is 182 Å². The molecule has 0 atom stereocenters. The first-order valence-electron chi connectivity index (χ1n) is 21.2. The Morgan fingerprint density at radius 2 is 0.774 bits per heavy atom. The van der Waals surface area contributed by atoms with Crippen LogP contribution in [0.1, 0.15) is 22.3 Å². The summed E-state index contributed by atoms with van der Waals surface area (Å²) in [6.45, 7) is 0. The highest BCUT2D eigenvalue weighted by Crippen LogP contribution is 2.63. The molecule has 2 aliphatic carbocycles. The van der Waals surface area contributed by atoms with Crippen molar-refractivity contribution in [1.29, 1.82) is 0 Å². The van der Waals surface area contributed by atoms with Crippen molar-refractivity contribution in [3.63, 3.8) is 0 Å². The predicted molar refractivity (Wildman–Crippen MR) is 252 cm³/mol. The van der Waals surface area contributed by atoms with Crippen LogP contribution < -0.4 is 0 Å². The number of rotatable bonds is 5. The minimum absolute atomic E-state index is 0.415. The van der Waals surface area contributed by atoms with E-state index in [1.807, 2.05) is 36.4 Å². The summed E-state index contributed by atoms with van der Waals surface area (Å²) < 4.78 is 2.37. The number of hydrogen-bond acceptors (Lipinski definition) is 3. The van der Waals surface area contributed by atoms with Gasteiger partial charge in [-0.2, -0.15) is 0 Å². The maximum atomic E-state index is 5.22. The molecule has 0 amide bonds. The van der Waals surface area contributed by atoms with E-state index in [4.69, 9.17) is 15.0 Å². The molecule has 2 aliphatic rings. The fraction of sp³-hybridized carbons (Fsp3) is 0.0172. The molecule has 11 aromatic rings. The molecule has 0 saturated heterocycles. The van der Waals surface area contributed by atoms with Crippen LogP contribution in [0.25, 0.3) is 95.0 Å². The van der Waals surface area contributed by atoms with Crippen molar-refractivity contribution in [2.75, 3.05) is 0 Å². The highest BCUT2D eigenvalue weighted by atomic mass is 15.0. The molecule has 0 bridgehead atoms. The van der Waals surface area contributed by atoms with Gasteiger partial charge in [-0.25, -0.2) is 15.0 Å². The molecule has 0 fully saturated rings. The van der Waals surface area contributed by atoms with Gasteiger partial charge in [0.2, 0.25) is 0 Å². The number of nitrogens with zero attached hydrogens (tertiary/aromatic N) is 4. The first-order chi connectivity index (χ1) is 30.8. The molecule has 9 aromatic carbocycles. The van der Waals surface area contributed by atoms with E-state index in [2.05, 4.69) is 187 Å². The summed E-state index contributed by atoms with van der Waals surface area (Å²) in [5.41, 5.74) is 18.6. The maximum absolute atomic E-state index is 5.22. The zero-order valence-electron chi connectivity index (χ0n) is 33.6. The van der Waals surface area contributed by atoms with Crippen molar-refractivity contribution in [2.45, 2.75) is 5.41 Å². The van der Waals surface area contributed by atoms with Crippen LogP contribution in [-0.2, 0) is 5.41 Å². The summed E-state index contributed by atoms with van der Waals surface area (Å²) >= 11 is 0. The Labute approximate surface area is 359 Å². The van der Waals surface area contributed by atoms with Gasteiger partial charge in [-0.15, -0.1) is 0 Å². The molecule has 13 rings (SSSR count). The highest BCUT2D eigenvalue weighted by molar-refractivity contribution is 6.16. The minimum Gasteiger partial charge on any atom is -0.309 e. The van der Waals surface area contributed by atoms with Crippen LogP contribution in [0.3, 0.4) is 0 Å². The topological polar surface area (TPSA) is 43.6 Å². The number of para-hydroxylation sites is 1. The molecule has 288 valence electrons. The smallest absolute Gasteiger partial charge is 0.164 e. The average molecular weight is 789 g/mol. The van der Waals surface area contributed by atoms with Crippen molar-refractivity contribution < 1.29 is 0 Å². The lowest BCUT2D eigenvalue weighted by Gasteiger charge is -2.30. The van der Waals surface area contributed by atoms with E-state index < -0.39 is 5.41 Å². The predicted octanol–water partition coefficient (Wildman–Crippen LogP) is 14.0. The van der Waals surface area contributed by atoms with Crippen molar-refractivity contribution >= 4 is 21.8 Å². The molecule has 62 heavy (non-hydrogen) atoms. The summed E-state index contributed by atoms with van der Waals surface area (Å²) in [5, 5.41) is 2.23. The third-order valence-electron chi connectivity index (χ3n) is 13.1. The quantitative estimate of drug-likeness (QED) is 0.174. The second kappa shape index (κ2) is 13.4. The molecule has 0 radical (unpaired) electrons. The van der Waals surface area contributed by atoms with E-state index in [1.165, 1.54) is 50.1 Å². The van der Waals surface area contributed by atoms with Gasteiger partial charge in [0.1, 0.15) is 0 Å². The summed E-state index contributed by atoms with van der Waals surface area (Å²) in [6.07, 6.45) is 0. The normalized spacial score (nSPS) is 13.0. The van der Waals surface area contributed by atoms with Gasteiger partial charge in [-0.3, -0.25) is 0 Å². The van der Waals surface area contributed by atoms with Gasteiger partial charge in [0.15, 0.2) is 17.5 Å². The summed E-state index contributed by atoms with van der Waals surface area (Å²) in [5.74, 6) is 1.92. The summed E-state index contributed by atoms with van der Waals surface area (Å²) in [7, 11) is 0. The fourth-order valence-electron chi connectivity index (χ4n) is 10.5. The lowest BCUT2D eigenvalue weighted by molar-refractivity contribution is 0.794. The molecule has 0 N–H and O–H groups in total. The van der Waals surface area contributed by atoms with Crippen molar-refractivity contribution in [1.82, 2.24) is 19.5 Å². The summed E-state index contributed by atoms with van der Waals surface area (Å²) in [6, 6.07) is 78.6. The van der Waals surface area contributed by atoms with Crippen LogP contribution in [0.5, 0.6) is 0 Å². The summed E-state index contributed by atoms with van der Waals surface area (Å²) in [4.78, 5) is 15.5. The van der Waals surface area contributed by atoms with Crippen LogP contribution in [0.2, 0.25) is 0 Å². The van der Waals surface area contributed by atoms with Gasteiger partial charge in [0.25, 0.3) is 0 Å². The SMILES string of the molecule is c1ccc(-c2nc(-c3ccccc3)nc(-c3cccc4c3c3cc(-c5ccc6c(c5)C5(c7ccccc7-c7ccccc75)c5ccccc5-6)ccc3n4-c3ccccc3)n2)cc1. The van der Waals surface area contributed by atoms with Crippen molar-refractivity contribution in [2.24, 2.45) is 0 Å². The Morgan fingerprint density at radius 1 is 0.306 bits per heavy atom. The molecular weight excluding hydrogens is 753 g/mol. The Morgan fingerprint density at radius 3 is 1.37 bits per heavy atom. The van der Waals surface area contributed by atoms with Gasteiger partial charge < -0.3 is 4.57 Å². The highest BCUT2D eigenvalue weighted by Gasteiger charge is 2.51. The van der Waals surface area contributed by atoms with Gasteiger partial charge in [0, 0.05) is 33.2 Å². The Hall–Kier alpha value is -8.21. The van der Waals surface area contributed by atoms with E-state index >= 15 is 0 Å². The second-order valence-electron chi connectivity index (χ2n) is 16.3. The Bertz CT molecular complexity index is 3450. The molecule has 4 heteroatoms. The standard InChI is InChI=1S/C58H36N4/c1-4-17-37(18-5-1)55-59-56(38-19-6-2-7-20-38)61-57(60-55)46-26-16-30-53-54(46)47-35-39(32-34-52(47)62(53)41-21-8-3-9-22-41)40-31-33-45-44-25-12-15-29-50(44)58(51(45)36-40)48-27-13-10-23-42(48)43-24-11-14-28-49(43)58/h1-36H. The Kier molecular flexibility index (Phi) is 7.49. The molecular formula is C58H36N4. The van der Waals surface area contributed by atoms with E-state index in [-0.39, 0.29) is 0 Å². The van der Waals surface area contributed by atoms with E-state index in [0.717, 1.165) is 49.7 Å². The minimum atomic E-state index is -0.415. The second-order valence-corrected chi connectivity index (χ2v) is 16.3. The number of benzene rings is 9. The van der Waals surface area contributed by atoms with Gasteiger partial charge >= 0.3 is 0 Å². The lowest BCUT2D eigenvalue weighted by Crippen LogP contribution is -2.25. The fourth-order valence-corrected chi connectivity index (χ4v) is 10.5. The molecule has 2 aromatic heterocycles. The number of aromatic nitrogens is 4. The van der Waals surface area contributed by atoms with Gasteiger partial charge in [0.05, 0.1) is 16.4 Å². The van der Waals surface area contributed by atoms with Crippen molar-refractivity contribution in [3.8, 4) is 73.2 Å².